The molecule has 204 valence electrons. The normalized spacial score (nSPS) is 16.3. The van der Waals surface area contributed by atoms with E-state index in [0.29, 0.717) is 36.8 Å². The molecule has 1 heterocycles. The van der Waals surface area contributed by atoms with Crippen LogP contribution in [-0.4, -0.2) is 48.2 Å². The summed E-state index contributed by atoms with van der Waals surface area (Å²) in [6, 6.07) is 12.8. The largest absolute Gasteiger partial charge is 0.375 e. The van der Waals surface area contributed by atoms with Crippen LogP contribution in [0.15, 0.2) is 65.4 Å². The van der Waals surface area contributed by atoms with E-state index in [2.05, 4.69) is 45.6 Å². The molecular weight excluding hydrogens is 488 g/mol. The highest BCUT2D eigenvalue weighted by Gasteiger charge is 2.24. The van der Waals surface area contributed by atoms with Gasteiger partial charge in [-0.3, -0.25) is 14.3 Å². The van der Waals surface area contributed by atoms with E-state index in [9.17, 15) is 9.59 Å². The Kier molecular flexibility index (Phi) is 8.38. The van der Waals surface area contributed by atoms with Crippen LogP contribution in [0.5, 0.6) is 0 Å². The first-order valence-corrected chi connectivity index (χ1v) is 14.0. The van der Waals surface area contributed by atoms with Crippen molar-refractivity contribution in [2.45, 2.75) is 58.6 Å². The number of nitrogens with zero attached hydrogens (tertiary/aromatic N) is 2. The van der Waals surface area contributed by atoms with Crippen molar-refractivity contribution in [3.05, 3.63) is 76.5 Å². The van der Waals surface area contributed by atoms with E-state index < -0.39 is 0 Å². The third-order valence-electron chi connectivity index (χ3n) is 7.82. The van der Waals surface area contributed by atoms with E-state index >= 15 is 0 Å². The first kappa shape index (κ1) is 27.0. The Morgan fingerprint density at radius 3 is 2.59 bits per heavy atom. The van der Waals surface area contributed by atoms with Gasteiger partial charge in [0.1, 0.15) is 0 Å². The molecule has 2 aliphatic rings. The van der Waals surface area contributed by atoms with Gasteiger partial charge in [-0.25, -0.2) is 0 Å². The molecule has 0 atom stereocenters. The van der Waals surface area contributed by atoms with Gasteiger partial charge in [0, 0.05) is 30.5 Å². The Balaban J connectivity index is 1.45. The smallest absolute Gasteiger partial charge is 0.252 e. The zero-order valence-corrected chi connectivity index (χ0v) is 23.2. The van der Waals surface area contributed by atoms with Crippen molar-refractivity contribution in [3.63, 3.8) is 0 Å². The van der Waals surface area contributed by atoms with Crippen molar-refractivity contribution in [2.24, 2.45) is 0 Å². The summed E-state index contributed by atoms with van der Waals surface area (Å²) in [4.78, 5) is 26.2. The molecule has 1 saturated carbocycles. The number of hydrogen-bond acceptors (Lipinski definition) is 5. The lowest BCUT2D eigenvalue weighted by Gasteiger charge is -2.17. The monoisotopic (exact) mass is 526 g/mol. The number of allylic oxidation sites excluding steroid dienone is 3. The molecule has 5 rings (SSSR count). The Hall–Kier alpha value is -3.55. The molecule has 1 amide bonds. The third kappa shape index (κ3) is 6.05. The van der Waals surface area contributed by atoms with Gasteiger partial charge in [0.05, 0.1) is 36.5 Å². The maximum Gasteiger partial charge on any atom is 0.252 e. The molecule has 0 unspecified atom stereocenters. The van der Waals surface area contributed by atoms with Crippen LogP contribution >= 0.6 is 0 Å². The fourth-order valence-corrected chi connectivity index (χ4v) is 5.69. The highest BCUT2D eigenvalue weighted by Crippen LogP contribution is 2.35. The van der Waals surface area contributed by atoms with Crippen LogP contribution in [0.2, 0.25) is 0 Å². The minimum Gasteiger partial charge on any atom is -0.375 e. The van der Waals surface area contributed by atoms with Crippen molar-refractivity contribution >= 4 is 22.6 Å². The van der Waals surface area contributed by atoms with Gasteiger partial charge < -0.3 is 15.4 Å². The zero-order chi connectivity index (χ0) is 27.4. The summed E-state index contributed by atoms with van der Waals surface area (Å²) in [5.74, 6) is -0.113. The van der Waals surface area contributed by atoms with Crippen molar-refractivity contribution < 1.29 is 14.3 Å². The van der Waals surface area contributed by atoms with Crippen molar-refractivity contribution in [3.8, 4) is 11.1 Å². The minimum atomic E-state index is -0.193. The number of hydrogen-bond donors (Lipinski definition) is 2. The van der Waals surface area contributed by atoms with Crippen molar-refractivity contribution in [1.82, 2.24) is 20.4 Å². The first-order valence-electron chi connectivity index (χ1n) is 14.0. The predicted octanol–water partition coefficient (Wildman–Crippen LogP) is 5.52. The zero-order valence-electron chi connectivity index (χ0n) is 23.2. The molecule has 7 heteroatoms. The van der Waals surface area contributed by atoms with Crippen LogP contribution < -0.4 is 10.6 Å². The molecule has 3 aromatic rings. The van der Waals surface area contributed by atoms with Crippen LogP contribution in [0.25, 0.3) is 22.0 Å². The number of benzene rings is 2. The number of amides is 1. The van der Waals surface area contributed by atoms with Gasteiger partial charge in [-0.15, -0.1) is 0 Å². The van der Waals surface area contributed by atoms with Gasteiger partial charge in [0.15, 0.2) is 5.78 Å². The van der Waals surface area contributed by atoms with E-state index in [1.165, 1.54) is 12.8 Å². The summed E-state index contributed by atoms with van der Waals surface area (Å²) in [5.41, 5.74) is 7.32. The maximum absolute atomic E-state index is 13.6. The lowest BCUT2D eigenvalue weighted by molar-refractivity contribution is -0.115. The van der Waals surface area contributed by atoms with E-state index in [4.69, 9.17) is 9.84 Å². The van der Waals surface area contributed by atoms with Gasteiger partial charge in [-0.1, -0.05) is 48.8 Å². The fourth-order valence-electron chi connectivity index (χ4n) is 5.69. The number of Topliss-reactive ketones (excluding diaryl/α,β-unsaturated/α-hetero) is 1. The van der Waals surface area contributed by atoms with Crippen molar-refractivity contribution in [1.29, 1.82) is 0 Å². The summed E-state index contributed by atoms with van der Waals surface area (Å²) in [7, 11) is 1.91. The van der Waals surface area contributed by atoms with Crippen LogP contribution in [0, 0.1) is 0 Å². The number of ether oxygens (including phenoxy) is 1. The van der Waals surface area contributed by atoms with Crippen LogP contribution in [0.1, 0.15) is 67.9 Å². The van der Waals surface area contributed by atoms with E-state index in [1.54, 1.807) is 0 Å². The molecule has 0 spiro atoms. The minimum absolute atomic E-state index is 0.0794. The third-order valence-corrected chi connectivity index (χ3v) is 7.82. The van der Waals surface area contributed by atoms with E-state index in [0.717, 1.165) is 58.1 Å². The Bertz CT molecular complexity index is 1430. The molecule has 39 heavy (non-hydrogen) atoms. The van der Waals surface area contributed by atoms with Gasteiger partial charge in [-0.2, -0.15) is 5.10 Å². The lowest BCUT2D eigenvalue weighted by atomic mass is 9.92. The summed E-state index contributed by atoms with van der Waals surface area (Å²) < 4.78 is 7.82. The molecule has 7 nitrogen and oxygen atoms in total. The summed E-state index contributed by atoms with van der Waals surface area (Å²) in [5, 5.41) is 11.7. The predicted molar refractivity (Wildman–Crippen MR) is 155 cm³/mol. The van der Waals surface area contributed by atoms with Gasteiger partial charge in [0.2, 0.25) is 0 Å². The number of fused-ring (bicyclic) bond motifs is 1. The molecule has 1 aromatic heterocycles. The van der Waals surface area contributed by atoms with Crippen LogP contribution in [-0.2, 0) is 16.1 Å². The number of ketones is 1. The molecule has 0 bridgehead atoms. The summed E-state index contributed by atoms with van der Waals surface area (Å²) >= 11 is 0. The number of carbonyl (C=O) groups is 2. The molecule has 1 fully saturated rings. The van der Waals surface area contributed by atoms with Crippen LogP contribution in [0.4, 0.5) is 0 Å². The highest BCUT2D eigenvalue weighted by atomic mass is 16.5. The Morgan fingerprint density at radius 1 is 1.10 bits per heavy atom. The summed E-state index contributed by atoms with van der Waals surface area (Å²) in [6.45, 7) is 6.16. The lowest BCUT2D eigenvalue weighted by Crippen LogP contribution is -2.29. The van der Waals surface area contributed by atoms with Crippen LogP contribution in [0.3, 0.4) is 0 Å². The second-order valence-corrected chi connectivity index (χ2v) is 10.8. The average molecular weight is 527 g/mol. The molecule has 2 aromatic carbocycles. The van der Waals surface area contributed by atoms with E-state index in [1.807, 2.05) is 39.2 Å². The second-order valence-electron chi connectivity index (χ2n) is 10.8. The SMILES string of the molecule is CNCCOCc1ccc(-c2cc(C(=O)NCC3=C(C)C=C(C)CC3=O)c3cnn(C4CCCC4)c3c2)cc1. The van der Waals surface area contributed by atoms with E-state index in [-0.39, 0.29) is 18.2 Å². The molecule has 0 saturated heterocycles. The number of aromatic nitrogens is 2. The van der Waals surface area contributed by atoms with Crippen molar-refractivity contribution in [2.75, 3.05) is 26.7 Å². The number of carbonyl (C=O) groups excluding carboxylic acids is 2. The van der Waals surface area contributed by atoms with Gasteiger partial charge in [-0.05, 0) is 68.1 Å². The molecular formula is C32H38N4O3. The highest BCUT2D eigenvalue weighted by molar-refractivity contribution is 6.08. The van der Waals surface area contributed by atoms with Gasteiger partial charge >= 0.3 is 0 Å². The number of likely N-dealkylation sites (N-methyl/N-ethyl adjacent to an activating group) is 1. The first-order chi connectivity index (χ1) is 18.9. The Morgan fingerprint density at radius 2 is 1.87 bits per heavy atom. The molecule has 0 radical (unpaired) electrons. The molecule has 0 aliphatic heterocycles. The summed E-state index contributed by atoms with van der Waals surface area (Å²) in [6.07, 6.45) is 8.87. The quantitative estimate of drug-likeness (QED) is 0.340. The number of nitrogens with one attached hydrogen (secondary N) is 2. The Labute approximate surface area is 230 Å². The molecule has 2 N–H and O–H groups in total. The second kappa shape index (κ2) is 12.1. The molecule has 2 aliphatic carbocycles. The number of rotatable bonds is 10. The van der Waals surface area contributed by atoms with Gasteiger partial charge in [0.25, 0.3) is 5.91 Å². The maximum atomic E-state index is 13.6. The fraction of sp³-hybridized carbons (Fsp3) is 0.406. The standard InChI is InChI=1S/C32H38N4O3/c1-21-14-22(2)28(31(37)15-21)18-34-32(38)27-16-25(24-10-8-23(9-11-24)20-39-13-12-33-3)17-30-29(27)19-35-36(30)26-6-4-5-7-26/h8-11,14,16-17,19,26,33H,4-7,12-13,15,18,20H2,1-3H3,(H,34,38). The topological polar surface area (TPSA) is 85.2 Å². The average Bonchev–Trinajstić information content (AvgIpc) is 3.60.